The number of halogens is 1. The van der Waals surface area contributed by atoms with Crippen LogP contribution in [0, 0.1) is 6.92 Å². The van der Waals surface area contributed by atoms with Crippen molar-refractivity contribution >= 4 is 35.6 Å². The number of nitrogens with two attached hydrogens (primary N) is 1. The number of ether oxygens (including phenoxy) is 1. The number of aliphatic imine (C=N–C) groups is 1. The molecule has 1 heterocycles. The van der Waals surface area contributed by atoms with E-state index in [1.807, 2.05) is 31.2 Å². The van der Waals surface area contributed by atoms with Gasteiger partial charge < -0.3 is 15.4 Å². The first-order chi connectivity index (χ1) is 7.77. The van der Waals surface area contributed by atoms with Crippen molar-refractivity contribution in [3.05, 3.63) is 29.8 Å². The normalized spacial score (nSPS) is 16.5. The predicted octanol–water partition coefficient (Wildman–Crippen LogP) is 1.89. The Morgan fingerprint density at radius 3 is 2.59 bits per heavy atom. The van der Waals surface area contributed by atoms with Gasteiger partial charge in [0.25, 0.3) is 0 Å². The van der Waals surface area contributed by atoms with Crippen LogP contribution >= 0.6 is 24.0 Å². The summed E-state index contributed by atoms with van der Waals surface area (Å²) in [6.07, 6.45) is 0. The van der Waals surface area contributed by atoms with Crippen molar-refractivity contribution in [2.45, 2.75) is 6.92 Å². The Balaban J connectivity index is 0.00000144. The minimum absolute atomic E-state index is 0. The van der Waals surface area contributed by atoms with Crippen LogP contribution in [-0.2, 0) is 4.74 Å². The van der Waals surface area contributed by atoms with E-state index in [1.54, 1.807) is 0 Å². The molecule has 2 rings (SSSR count). The number of benzene rings is 1. The fourth-order valence-electron chi connectivity index (χ4n) is 1.68. The molecule has 2 N–H and O–H groups in total. The van der Waals surface area contributed by atoms with Crippen LogP contribution in [-0.4, -0.2) is 37.2 Å². The van der Waals surface area contributed by atoms with Crippen molar-refractivity contribution in [1.82, 2.24) is 4.90 Å². The summed E-state index contributed by atoms with van der Waals surface area (Å²) in [7, 11) is 0. The molecular weight excluding hydrogens is 329 g/mol. The zero-order valence-electron chi connectivity index (χ0n) is 9.93. The van der Waals surface area contributed by atoms with Crippen molar-refractivity contribution in [1.29, 1.82) is 0 Å². The molecule has 1 aliphatic heterocycles. The molecule has 1 aliphatic rings. The van der Waals surface area contributed by atoms with E-state index in [2.05, 4.69) is 9.89 Å². The van der Waals surface area contributed by atoms with Crippen molar-refractivity contribution in [3.8, 4) is 0 Å². The van der Waals surface area contributed by atoms with Gasteiger partial charge in [0, 0.05) is 13.1 Å². The highest BCUT2D eigenvalue weighted by atomic mass is 127. The van der Waals surface area contributed by atoms with E-state index in [0.717, 1.165) is 37.6 Å². The van der Waals surface area contributed by atoms with Gasteiger partial charge in [-0.2, -0.15) is 0 Å². The maximum Gasteiger partial charge on any atom is 0.196 e. The highest BCUT2D eigenvalue weighted by Crippen LogP contribution is 2.17. The topological polar surface area (TPSA) is 50.8 Å². The number of hydrogen-bond donors (Lipinski definition) is 1. The third-order valence-electron chi connectivity index (χ3n) is 2.69. The van der Waals surface area contributed by atoms with E-state index in [4.69, 9.17) is 10.5 Å². The number of morpholine rings is 1. The van der Waals surface area contributed by atoms with Gasteiger partial charge >= 0.3 is 0 Å². The monoisotopic (exact) mass is 347 g/mol. The molecule has 0 bridgehead atoms. The quantitative estimate of drug-likeness (QED) is 0.480. The molecule has 1 saturated heterocycles. The van der Waals surface area contributed by atoms with Crippen molar-refractivity contribution < 1.29 is 4.74 Å². The fraction of sp³-hybridized carbons (Fsp3) is 0.417. The Morgan fingerprint density at radius 1 is 1.29 bits per heavy atom. The first kappa shape index (κ1) is 14.2. The zero-order chi connectivity index (χ0) is 11.4. The molecule has 94 valence electrons. The third kappa shape index (κ3) is 3.85. The van der Waals surface area contributed by atoms with Crippen molar-refractivity contribution in [2.75, 3.05) is 26.3 Å². The lowest BCUT2D eigenvalue weighted by molar-refractivity contribution is 0.0675. The number of hydrogen-bond acceptors (Lipinski definition) is 2. The van der Waals surface area contributed by atoms with Crippen LogP contribution in [0.25, 0.3) is 0 Å². The highest BCUT2D eigenvalue weighted by molar-refractivity contribution is 14.0. The molecule has 0 saturated carbocycles. The van der Waals surface area contributed by atoms with Crippen LogP contribution in [0.2, 0.25) is 0 Å². The molecule has 4 nitrogen and oxygen atoms in total. The van der Waals surface area contributed by atoms with E-state index in [9.17, 15) is 0 Å². The van der Waals surface area contributed by atoms with Gasteiger partial charge in [0.15, 0.2) is 5.96 Å². The lowest BCUT2D eigenvalue weighted by Crippen LogP contribution is -2.44. The van der Waals surface area contributed by atoms with Gasteiger partial charge in [0.05, 0.1) is 18.9 Å². The molecule has 5 heteroatoms. The minimum atomic E-state index is 0. The lowest BCUT2D eigenvalue weighted by atomic mass is 10.2. The highest BCUT2D eigenvalue weighted by Gasteiger charge is 2.12. The number of rotatable bonds is 1. The van der Waals surface area contributed by atoms with Gasteiger partial charge in [-0.25, -0.2) is 4.99 Å². The molecule has 0 aliphatic carbocycles. The summed E-state index contributed by atoms with van der Waals surface area (Å²) in [5.74, 6) is 0.581. The largest absolute Gasteiger partial charge is 0.378 e. The Morgan fingerprint density at radius 2 is 1.94 bits per heavy atom. The van der Waals surface area contributed by atoms with Gasteiger partial charge in [-0.05, 0) is 18.6 Å². The zero-order valence-corrected chi connectivity index (χ0v) is 12.3. The summed E-state index contributed by atoms with van der Waals surface area (Å²) in [4.78, 5) is 6.50. The number of para-hydroxylation sites is 1. The van der Waals surface area contributed by atoms with Gasteiger partial charge in [0.1, 0.15) is 0 Å². The molecule has 17 heavy (non-hydrogen) atoms. The second-order valence-corrected chi connectivity index (χ2v) is 3.86. The molecule has 0 aromatic heterocycles. The van der Waals surface area contributed by atoms with Crippen LogP contribution in [0.5, 0.6) is 0 Å². The SMILES string of the molecule is Cc1ccccc1N=C(N)N1CCOCC1.I. The average molecular weight is 347 g/mol. The van der Waals surface area contributed by atoms with Gasteiger partial charge in [-0.1, -0.05) is 18.2 Å². The summed E-state index contributed by atoms with van der Waals surface area (Å²) in [5.41, 5.74) is 8.04. The maximum absolute atomic E-state index is 5.97. The molecule has 1 aromatic rings. The van der Waals surface area contributed by atoms with Crippen molar-refractivity contribution in [2.24, 2.45) is 10.7 Å². The van der Waals surface area contributed by atoms with Crippen LogP contribution in [0.3, 0.4) is 0 Å². The van der Waals surface area contributed by atoms with Gasteiger partial charge in [0.2, 0.25) is 0 Å². The molecule has 0 radical (unpaired) electrons. The standard InChI is InChI=1S/C12H17N3O.HI/c1-10-4-2-3-5-11(10)14-12(13)15-6-8-16-9-7-15;/h2-5H,6-9H2,1H3,(H2,13,14);1H. The molecule has 1 aromatic carbocycles. The van der Waals surface area contributed by atoms with Crippen LogP contribution < -0.4 is 5.73 Å². The van der Waals surface area contributed by atoms with Crippen molar-refractivity contribution in [3.63, 3.8) is 0 Å². The molecule has 1 fully saturated rings. The Hall–Kier alpha value is -0.820. The van der Waals surface area contributed by atoms with E-state index < -0.39 is 0 Å². The third-order valence-corrected chi connectivity index (χ3v) is 2.69. The number of nitrogens with zero attached hydrogens (tertiary/aromatic N) is 2. The van der Waals surface area contributed by atoms with E-state index >= 15 is 0 Å². The molecule has 0 unspecified atom stereocenters. The van der Waals surface area contributed by atoms with Gasteiger partial charge in [-0.3, -0.25) is 0 Å². The average Bonchev–Trinajstić information content (AvgIpc) is 2.33. The summed E-state index contributed by atoms with van der Waals surface area (Å²) in [5, 5.41) is 0. The smallest absolute Gasteiger partial charge is 0.196 e. The first-order valence-corrected chi connectivity index (χ1v) is 5.50. The minimum Gasteiger partial charge on any atom is -0.378 e. The van der Waals surface area contributed by atoms with E-state index in [0.29, 0.717) is 5.96 Å². The summed E-state index contributed by atoms with van der Waals surface area (Å²) >= 11 is 0. The predicted molar refractivity (Wildman–Crippen MR) is 80.3 cm³/mol. The summed E-state index contributed by atoms with van der Waals surface area (Å²) < 4.78 is 5.27. The number of aryl methyl sites for hydroxylation is 1. The summed E-state index contributed by atoms with van der Waals surface area (Å²) in [6.45, 7) is 5.13. The Labute approximate surface area is 119 Å². The number of guanidine groups is 1. The van der Waals surface area contributed by atoms with Gasteiger partial charge in [-0.15, -0.1) is 24.0 Å². The molecular formula is C12H18IN3O. The van der Waals surface area contributed by atoms with E-state index in [1.165, 1.54) is 0 Å². The Kier molecular flexibility index (Phi) is 5.70. The fourth-order valence-corrected chi connectivity index (χ4v) is 1.68. The Bertz CT molecular complexity index is 389. The van der Waals surface area contributed by atoms with Crippen LogP contribution in [0.4, 0.5) is 5.69 Å². The second kappa shape index (κ2) is 6.80. The van der Waals surface area contributed by atoms with Crippen LogP contribution in [0.15, 0.2) is 29.3 Å². The second-order valence-electron chi connectivity index (χ2n) is 3.86. The molecule has 0 atom stereocenters. The molecule has 0 amide bonds. The summed E-state index contributed by atoms with van der Waals surface area (Å²) in [6, 6.07) is 7.98. The van der Waals surface area contributed by atoms with Crippen LogP contribution in [0.1, 0.15) is 5.56 Å². The maximum atomic E-state index is 5.97. The van der Waals surface area contributed by atoms with E-state index in [-0.39, 0.29) is 24.0 Å². The lowest BCUT2D eigenvalue weighted by Gasteiger charge is -2.27. The molecule has 0 spiro atoms. The first-order valence-electron chi connectivity index (χ1n) is 5.50.